The van der Waals surface area contributed by atoms with Gasteiger partial charge in [0.15, 0.2) is 0 Å². The predicted octanol–water partition coefficient (Wildman–Crippen LogP) is 13.6. The van der Waals surface area contributed by atoms with Crippen LogP contribution in [0, 0.1) is 98.6 Å². The molecule has 2 unspecified atom stereocenters. The van der Waals surface area contributed by atoms with Crippen molar-refractivity contribution in [2.75, 3.05) is 13.1 Å². The first-order valence-electron chi connectivity index (χ1n) is 30.5. The molecule has 8 aliphatic rings. The van der Waals surface area contributed by atoms with Gasteiger partial charge in [-0.15, -0.1) is 0 Å². The van der Waals surface area contributed by atoms with E-state index in [2.05, 4.69) is 59.1 Å². The van der Waals surface area contributed by atoms with Crippen LogP contribution in [0.5, 0.6) is 0 Å². The maximum atomic E-state index is 11.8. The molecular weight excluding hydrogens is 904 g/mol. The van der Waals surface area contributed by atoms with Gasteiger partial charge in [-0.2, -0.15) is 0 Å². The Hall–Kier alpha value is -0.540. The zero-order chi connectivity index (χ0) is 50.9. The number of rotatable bonds is 14. The van der Waals surface area contributed by atoms with Crippen molar-refractivity contribution in [1.29, 1.82) is 0 Å². The van der Waals surface area contributed by atoms with Gasteiger partial charge in [-0.1, -0.05) is 93.4 Å². The molecule has 8 saturated carbocycles. The molecule has 0 aromatic heterocycles. The van der Waals surface area contributed by atoms with E-state index in [1.54, 1.807) is 0 Å². The van der Waals surface area contributed by atoms with E-state index in [0.717, 1.165) is 109 Å². The topological polar surface area (TPSA) is 127 Å². The number of alkyl carbamates (subject to hydrolysis) is 2. The molecule has 0 aromatic carbocycles. The fourth-order valence-corrected chi connectivity index (χ4v) is 19.6. The van der Waals surface area contributed by atoms with E-state index in [0.29, 0.717) is 28.2 Å². The Labute approximate surface area is 465 Å². The number of fused-ring (bicyclic) bond motifs is 10. The molecule has 0 bridgehead atoms. The van der Waals surface area contributed by atoms with Crippen LogP contribution in [0.15, 0.2) is 0 Å². The molecule has 0 aliphatic heterocycles. The zero-order valence-corrected chi connectivity index (χ0v) is 51.4. The minimum absolute atomic E-state index is 0. The van der Waals surface area contributed by atoms with E-state index in [1.807, 2.05) is 41.5 Å². The van der Waals surface area contributed by atoms with Crippen molar-refractivity contribution in [3.05, 3.63) is 0 Å². The Morgan fingerprint density at radius 3 is 1.35 bits per heavy atom. The number of amides is 2. The van der Waals surface area contributed by atoms with Crippen LogP contribution in [0.2, 0.25) is 0 Å². The third-order valence-corrected chi connectivity index (χ3v) is 23.1. The number of ether oxygens (including phenoxy) is 2. The molecule has 0 aromatic rings. The van der Waals surface area contributed by atoms with Gasteiger partial charge in [-0.25, -0.2) is 9.59 Å². The summed E-state index contributed by atoms with van der Waals surface area (Å²) in [5.74, 6) is 12.0. The van der Waals surface area contributed by atoms with Crippen molar-refractivity contribution in [3.8, 4) is 0 Å². The fraction of sp³-hybridized carbons (Fsp3) is 0.968. The summed E-state index contributed by atoms with van der Waals surface area (Å²) in [6, 6.07) is 0. The second kappa shape index (κ2) is 25.5. The molecule has 8 fully saturated rings. The summed E-state index contributed by atoms with van der Waals surface area (Å²) in [5.41, 5.74) is 1.42. The molecular formula is C63H113N2NaO6. The normalized spacial score (nSPS) is 40.8. The average Bonchev–Trinajstić information content (AvgIpc) is 3.82. The SMILES string of the molecule is CC(CCCCCNC(=O)OC(C)(C)C)[C@H]1CC[C@H]2[C@@H]3CC[C@H]4C[C@@H](C)CC[C@]4(C)[C@H]3CC[C@]12C.CC(CCCCCNC(=O)OC(C)(C)C)[C@H]1CC[C@H]2[C@@H]3CC[C@H]4C[C@@H](O)CC[C@]4(C)[C@H]3CC[C@]12C.[Na+].[OH-]. The Bertz CT molecular complexity index is 1590. The molecule has 9 heteroatoms. The molecule has 8 rings (SSSR count). The number of unbranched alkanes of at least 4 members (excludes halogenated alkanes) is 4. The third kappa shape index (κ3) is 14.2. The van der Waals surface area contributed by atoms with Crippen LogP contribution in [0.4, 0.5) is 9.59 Å². The van der Waals surface area contributed by atoms with E-state index < -0.39 is 11.2 Å². The first-order valence-corrected chi connectivity index (χ1v) is 30.5. The summed E-state index contributed by atoms with van der Waals surface area (Å²) in [7, 11) is 0. The van der Waals surface area contributed by atoms with Gasteiger partial charge in [-0.3, -0.25) is 0 Å². The molecule has 8 aliphatic carbocycles. The van der Waals surface area contributed by atoms with E-state index in [1.165, 1.54) is 141 Å². The van der Waals surface area contributed by atoms with Crippen molar-refractivity contribution in [2.45, 2.75) is 274 Å². The van der Waals surface area contributed by atoms with Crippen molar-refractivity contribution in [2.24, 2.45) is 98.6 Å². The average molecular weight is 1020 g/mol. The minimum Gasteiger partial charge on any atom is -0.870 e. The summed E-state index contributed by atoms with van der Waals surface area (Å²) in [4.78, 5) is 23.6. The second-order valence-corrected chi connectivity index (χ2v) is 29.6. The molecule has 72 heavy (non-hydrogen) atoms. The van der Waals surface area contributed by atoms with Crippen LogP contribution in [-0.2, 0) is 9.47 Å². The summed E-state index contributed by atoms with van der Waals surface area (Å²) < 4.78 is 10.7. The fourth-order valence-electron chi connectivity index (χ4n) is 19.6. The largest absolute Gasteiger partial charge is 1.00 e. The van der Waals surface area contributed by atoms with Gasteiger partial charge >= 0.3 is 41.7 Å². The Kier molecular flexibility index (Phi) is 22.1. The van der Waals surface area contributed by atoms with Gasteiger partial charge in [-0.05, 0) is 262 Å². The van der Waals surface area contributed by atoms with Gasteiger partial charge in [0.25, 0.3) is 0 Å². The van der Waals surface area contributed by atoms with E-state index in [4.69, 9.17) is 9.47 Å². The number of carbonyl (C=O) groups is 2. The van der Waals surface area contributed by atoms with Crippen molar-refractivity contribution in [1.82, 2.24) is 10.6 Å². The summed E-state index contributed by atoms with van der Waals surface area (Å²) in [6.07, 6.45) is 34.5. The molecule has 18 atom stereocenters. The third-order valence-electron chi connectivity index (χ3n) is 23.1. The number of aliphatic hydroxyl groups is 1. The van der Waals surface area contributed by atoms with Crippen molar-refractivity contribution >= 4 is 12.2 Å². The molecule has 0 heterocycles. The first-order chi connectivity index (χ1) is 32.9. The van der Waals surface area contributed by atoms with Gasteiger partial charge < -0.3 is 30.7 Å². The second-order valence-electron chi connectivity index (χ2n) is 29.6. The maximum absolute atomic E-state index is 11.8. The monoisotopic (exact) mass is 1020 g/mol. The van der Waals surface area contributed by atoms with Gasteiger partial charge in [0.1, 0.15) is 11.2 Å². The Balaban J connectivity index is 0.000000260. The van der Waals surface area contributed by atoms with Crippen molar-refractivity contribution < 1.29 is 59.2 Å². The van der Waals surface area contributed by atoms with E-state index >= 15 is 0 Å². The molecule has 4 N–H and O–H groups in total. The van der Waals surface area contributed by atoms with Crippen LogP contribution < -0.4 is 40.2 Å². The summed E-state index contributed by atoms with van der Waals surface area (Å²) >= 11 is 0. The van der Waals surface area contributed by atoms with Gasteiger partial charge in [0.05, 0.1) is 6.10 Å². The predicted molar refractivity (Wildman–Crippen MR) is 291 cm³/mol. The minimum atomic E-state index is -0.427. The molecule has 8 nitrogen and oxygen atoms in total. The number of carbonyl (C=O) groups excluding carboxylic acids is 2. The Morgan fingerprint density at radius 1 is 0.528 bits per heavy atom. The van der Waals surface area contributed by atoms with Crippen LogP contribution in [0.25, 0.3) is 0 Å². The molecule has 0 saturated heterocycles. The Morgan fingerprint density at radius 2 is 0.917 bits per heavy atom. The van der Waals surface area contributed by atoms with Gasteiger partial charge in [0.2, 0.25) is 0 Å². The zero-order valence-electron chi connectivity index (χ0n) is 49.4. The molecule has 0 radical (unpaired) electrons. The van der Waals surface area contributed by atoms with Crippen LogP contribution in [-0.4, -0.2) is 53.2 Å². The number of nitrogens with one attached hydrogen (secondary N) is 2. The number of hydrogen-bond acceptors (Lipinski definition) is 6. The van der Waals surface area contributed by atoms with Crippen LogP contribution in [0.3, 0.4) is 0 Å². The summed E-state index contributed by atoms with van der Waals surface area (Å²) in [6.45, 7) is 31.2. The van der Waals surface area contributed by atoms with E-state index in [-0.39, 0.29) is 53.3 Å². The number of aliphatic hydroxyl groups excluding tert-OH is 1. The van der Waals surface area contributed by atoms with Crippen molar-refractivity contribution in [3.63, 3.8) is 0 Å². The summed E-state index contributed by atoms with van der Waals surface area (Å²) in [5, 5.41) is 16.1. The van der Waals surface area contributed by atoms with Gasteiger partial charge in [0, 0.05) is 13.1 Å². The van der Waals surface area contributed by atoms with Crippen LogP contribution in [0.1, 0.15) is 257 Å². The van der Waals surface area contributed by atoms with Crippen LogP contribution >= 0.6 is 0 Å². The maximum Gasteiger partial charge on any atom is 1.00 e. The standard InChI is InChI=1S/C32H57NO2.C31H55NO3.Na.H2O/c1-22-16-18-31(6)24(21-22)12-13-25-27-15-14-26(32(27,7)19-17-28(25)31)23(2)11-9-8-10-20-33-29(34)35-30(3,4)5;1-21(10-8-7-9-19-32-28(34)35-29(2,3)4)25-13-14-26-24-12-11-22-20-23(33)15-17-30(22,5)27(24)16-18-31(25,26)6;;/h22-28H,8-21H2,1-7H3,(H,33,34);21-27,33H,7-20H2,1-6H3,(H,32,34);;1H2/q;;+1;/p-1/t22-,23?,24-,25-,26+,27-,28-,31-,32+;21?,22-,23-,24-,25+,26-,27-,30-,31+;;/m00../s1. The molecule has 2 amide bonds. The quantitative estimate of drug-likeness (QED) is 0.117. The molecule has 0 spiro atoms. The number of hydrogen-bond donors (Lipinski definition) is 3. The first kappa shape index (κ1) is 62.3. The molecule has 412 valence electrons. The van der Waals surface area contributed by atoms with E-state index in [9.17, 15) is 14.7 Å². The smallest absolute Gasteiger partial charge is 0.870 e.